The fourth-order valence-electron chi connectivity index (χ4n) is 5.89. The fraction of sp³-hybridized carbons (Fsp3) is 0.467. The maximum atomic E-state index is 13.2. The van der Waals surface area contributed by atoms with Gasteiger partial charge in [0.1, 0.15) is 0 Å². The number of hydrogen-bond donors (Lipinski definition) is 1. The molecular weight excluding hydrogens is 522 g/mol. The number of fused-ring (bicyclic) bond motifs is 1. The number of hydrogen-bond acceptors (Lipinski definition) is 8. The minimum Gasteiger partial charge on any atom is -0.450 e. The molecule has 11 heteroatoms. The number of piperidine rings is 1. The lowest BCUT2D eigenvalue weighted by Crippen LogP contribution is -2.50. The largest absolute Gasteiger partial charge is 0.450 e. The lowest BCUT2D eigenvalue weighted by Gasteiger charge is -2.40. The fourth-order valence-corrected chi connectivity index (χ4v) is 5.89. The van der Waals surface area contributed by atoms with Crippen LogP contribution in [-0.2, 0) is 9.47 Å². The molecule has 3 aliphatic rings. The first-order valence-corrected chi connectivity index (χ1v) is 14.5. The van der Waals surface area contributed by atoms with E-state index in [4.69, 9.17) is 14.5 Å². The first-order valence-electron chi connectivity index (χ1n) is 14.5. The summed E-state index contributed by atoms with van der Waals surface area (Å²) in [5, 5.41) is 7.88. The van der Waals surface area contributed by atoms with E-state index in [2.05, 4.69) is 21.4 Å². The first-order chi connectivity index (χ1) is 20.1. The second-order valence-corrected chi connectivity index (χ2v) is 10.6. The smallest absolute Gasteiger partial charge is 0.410 e. The van der Waals surface area contributed by atoms with Gasteiger partial charge in [-0.15, -0.1) is 5.10 Å². The van der Waals surface area contributed by atoms with Crippen LogP contribution in [0.1, 0.15) is 42.1 Å². The van der Waals surface area contributed by atoms with Crippen molar-refractivity contribution >= 4 is 34.9 Å². The van der Waals surface area contributed by atoms with Crippen molar-refractivity contribution in [1.29, 1.82) is 0 Å². The van der Waals surface area contributed by atoms with Gasteiger partial charge in [0.05, 0.1) is 19.8 Å². The standard InChI is InChI=1S/C30H37N7O4/c1-2-41-30(39)36-14-9-22(10-15-36)26-4-3-13-37-27(26)32-29(33-37)31-24-7-5-23(6-8-24)28(38)35-16-11-25(12-17-35)34-18-20-40-21-19-34/h3-9,13,25H,2,10-12,14-21H2,1H3,(H,31,33). The van der Waals surface area contributed by atoms with Crippen LogP contribution >= 0.6 is 0 Å². The maximum absolute atomic E-state index is 13.2. The summed E-state index contributed by atoms with van der Waals surface area (Å²) in [4.78, 5) is 36.1. The number of likely N-dealkylation sites (tertiary alicyclic amines) is 1. The Labute approximate surface area is 239 Å². The van der Waals surface area contributed by atoms with Crippen molar-refractivity contribution in [3.8, 4) is 0 Å². The highest BCUT2D eigenvalue weighted by Gasteiger charge is 2.28. The van der Waals surface area contributed by atoms with Crippen molar-refractivity contribution in [2.75, 3.05) is 64.4 Å². The molecule has 0 atom stereocenters. The van der Waals surface area contributed by atoms with E-state index in [1.54, 1.807) is 9.42 Å². The molecule has 1 N–H and O–H groups in total. The van der Waals surface area contributed by atoms with Gasteiger partial charge in [0, 0.05) is 68.3 Å². The Bertz CT molecular complexity index is 1410. The zero-order valence-corrected chi connectivity index (χ0v) is 23.5. The van der Waals surface area contributed by atoms with E-state index >= 15 is 0 Å². The summed E-state index contributed by atoms with van der Waals surface area (Å²) in [7, 11) is 0. The van der Waals surface area contributed by atoms with E-state index in [1.165, 1.54) is 0 Å². The van der Waals surface area contributed by atoms with E-state index in [1.807, 2.05) is 54.4 Å². The summed E-state index contributed by atoms with van der Waals surface area (Å²) in [5.74, 6) is 0.557. The van der Waals surface area contributed by atoms with Crippen molar-refractivity contribution in [3.63, 3.8) is 0 Å². The number of carbonyl (C=O) groups is 2. The van der Waals surface area contributed by atoms with Crippen LogP contribution in [0.5, 0.6) is 0 Å². The normalized spacial score (nSPS) is 18.8. The molecule has 41 heavy (non-hydrogen) atoms. The average Bonchev–Trinajstić information content (AvgIpc) is 3.44. The zero-order chi connectivity index (χ0) is 28.2. The Morgan fingerprint density at radius 1 is 1.02 bits per heavy atom. The third-order valence-corrected chi connectivity index (χ3v) is 8.15. The Hall–Kier alpha value is -3.96. The zero-order valence-electron chi connectivity index (χ0n) is 23.5. The molecule has 2 amide bonds. The highest BCUT2D eigenvalue weighted by atomic mass is 16.6. The summed E-state index contributed by atoms with van der Waals surface area (Å²) in [6, 6.07) is 12.0. The number of nitrogens with one attached hydrogen (secondary N) is 1. The molecule has 216 valence electrons. The summed E-state index contributed by atoms with van der Waals surface area (Å²) in [6.07, 6.45) is 6.37. The van der Waals surface area contributed by atoms with E-state index in [-0.39, 0.29) is 12.0 Å². The Morgan fingerprint density at radius 2 is 1.80 bits per heavy atom. The van der Waals surface area contributed by atoms with Gasteiger partial charge >= 0.3 is 6.09 Å². The number of aromatic nitrogens is 3. The number of amides is 2. The molecule has 3 aliphatic heterocycles. The van der Waals surface area contributed by atoms with Gasteiger partial charge in [0.2, 0.25) is 5.95 Å². The summed E-state index contributed by atoms with van der Waals surface area (Å²) < 4.78 is 12.4. The third-order valence-electron chi connectivity index (χ3n) is 8.15. The number of carbonyl (C=O) groups excluding carboxylic acids is 2. The van der Waals surface area contributed by atoms with E-state index in [0.717, 1.165) is 74.7 Å². The van der Waals surface area contributed by atoms with Crippen LogP contribution in [0.2, 0.25) is 0 Å². The van der Waals surface area contributed by atoms with Gasteiger partial charge in [0.25, 0.3) is 5.91 Å². The summed E-state index contributed by atoms with van der Waals surface area (Å²) in [6.45, 7) is 8.44. The van der Waals surface area contributed by atoms with Crippen LogP contribution in [-0.4, -0.2) is 106 Å². The molecule has 0 radical (unpaired) electrons. The molecule has 0 bridgehead atoms. The topological polar surface area (TPSA) is 105 Å². The second kappa shape index (κ2) is 12.3. The minimum absolute atomic E-state index is 0.0785. The molecule has 6 rings (SSSR count). The maximum Gasteiger partial charge on any atom is 0.410 e. The van der Waals surface area contributed by atoms with Crippen molar-refractivity contribution in [2.45, 2.75) is 32.2 Å². The molecule has 0 saturated carbocycles. The molecule has 0 aliphatic carbocycles. The number of pyridine rings is 1. The van der Waals surface area contributed by atoms with Crippen LogP contribution in [0.4, 0.5) is 16.4 Å². The van der Waals surface area contributed by atoms with Crippen LogP contribution in [0, 0.1) is 0 Å². The highest BCUT2D eigenvalue weighted by molar-refractivity contribution is 5.94. The lowest BCUT2D eigenvalue weighted by atomic mass is 10.0. The molecule has 11 nitrogen and oxygen atoms in total. The minimum atomic E-state index is -0.281. The van der Waals surface area contributed by atoms with Crippen molar-refractivity contribution in [2.24, 2.45) is 0 Å². The lowest BCUT2D eigenvalue weighted by molar-refractivity contribution is 0.00159. The Balaban J connectivity index is 1.08. The number of benzene rings is 1. The number of morpholine rings is 1. The second-order valence-electron chi connectivity index (χ2n) is 10.6. The summed E-state index contributed by atoms with van der Waals surface area (Å²) >= 11 is 0. The third kappa shape index (κ3) is 6.06. The van der Waals surface area contributed by atoms with Gasteiger partial charge in [-0.2, -0.15) is 4.98 Å². The monoisotopic (exact) mass is 559 g/mol. The number of anilines is 2. The Morgan fingerprint density at radius 3 is 2.51 bits per heavy atom. The van der Waals surface area contributed by atoms with Gasteiger partial charge in [-0.25, -0.2) is 9.31 Å². The summed E-state index contributed by atoms with van der Waals surface area (Å²) in [5.41, 5.74) is 4.37. The van der Waals surface area contributed by atoms with Gasteiger partial charge in [-0.05, 0) is 68.2 Å². The average molecular weight is 560 g/mol. The predicted octanol–water partition coefficient (Wildman–Crippen LogP) is 3.66. The van der Waals surface area contributed by atoms with Gasteiger partial charge in [0.15, 0.2) is 5.65 Å². The quantitative estimate of drug-likeness (QED) is 0.488. The van der Waals surface area contributed by atoms with Gasteiger partial charge in [-0.1, -0.05) is 6.08 Å². The SMILES string of the molecule is CCOC(=O)N1CC=C(c2cccn3nc(Nc4ccc(C(=O)N5CCC(N6CCOCC6)CC5)cc4)nc23)CC1. The van der Waals surface area contributed by atoms with Crippen LogP contribution < -0.4 is 5.32 Å². The number of rotatable bonds is 6. The van der Waals surface area contributed by atoms with Crippen molar-refractivity contribution in [3.05, 3.63) is 59.8 Å². The van der Waals surface area contributed by atoms with Crippen LogP contribution in [0.25, 0.3) is 11.2 Å². The molecule has 2 aromatic heterocycles. The Kier molecular flexibility index (Phi) is 8.15. The van der Waals surface area contributed by atoms with Crippen molar-refractivity contribution in [1.82, 2.24) is 29.3 Å². The molecular formula is C30H37N7O4. The molecule has 2 fully saturated rings. The highest BCUT2D eigenvalue weighted by Crippen LogP contribution is 2.27. The van der Waals surface area contributed by atoms with Crippen LogP contribution in [0.15, 0.2) is 48.7 Å². The first kappa shape index (κ1) is 27.2. The number of ether oxygens (including phenoxy) is 2. The molecule has 0 unspecified atom stereocenters. The van der Waals surface area contributed by atoms with Gasteiger partial charge < -0.3 is 24.6 Å². The van der Waals surface area contributed by atoms with Crippen LogP contribution in [0.3, 0.4) is 0 Å². The molecule has 1 aromatic carbocycles. The van der Waals surface area contributed by atoms with E-state index in [9.17, 15) is 9.59 Å². The molecule has 5 heterocycles. The predicted molar refractivity (Wildman–Crippen MR) is 155 cm³/mol. The molecule has 0 spiro atoms. The van der Waals surface area contributed by atoms with E-state index in [0.29, 0.717) is 43.7 Å². The number of nitrogens with zero attached hydrogens (tertiary/aromatic N) is 6. The van der Waals surface area contributed by atoms with E-state index < -0.39 is 0 Å². The van der Waals surface area contributed by atoms with Gasteiger partial charge in [-0.3, -0.25) is 9.69 Å². The molecule has 2 saturated heterocycles. The molecule has 3 aromatic rings. The van der Waals surface area contributed by atoms with Crippen molar-refractivity contribution < 1.29 is 19.1 Å².